The van der Waals surface area contributed by atoms with Crippen LogP contribution in [0.3, 0.4) is 0 Å². The van der Waals surface area contributed by atoms with Gasteiger partial charge in [0, 0.05) is 10.2 Å². The molecule has 0 aliphatic rings. The predicted molar refractivity (Wildman–Crippen MR) is 65.8 cm³/mol. The molecule has 0 aliphatic heterocycles. The first-order valence-corrected chi connectivity index (χ1v) is 5.66. The van der Waals surface area contributed by atoms with E-state index in [1.165, 1.54) is 0 Å². The summed E-state index contributed by atoms with van der Waals surface area (Å²) in [7, 11) is 0. The van der Waals surface area contributed by atoms with Gasteiger partial charge >= 0.3 is 0 Å². The average Bonchev–Trinajstić information content (AvgIpc) is 2.18. The van der Waals surface area contributed by atoms with Crippen LogP contribution in [0, 0.1) is 6.92 Å². The van der Waals surface area contributed by atoms with E-state index in [0.29, 0.717) is 6.42 Å². The van der Waals surface area contributed by atoms with Gasteiger partial charge in [0.15, 0.2) is 0 Å². The molecule has 0 aromatic heterocycles. The molecule has 0 aliphatic carbocycles. The summed E-state index contributed by atoms with van der Waals surface area (Å²) >= 11 is 3.42. The second-order valence-corrected chi connectivity index (χ2v) is 4.35. The standard InChI is InChI=1S/C11H15BrN2O/c1-3-9(11(13)15)14-10-6-7(2)4-5-8(10)12/h4-6,9,14H,3H2,1-2H3,(H2,13,15). The Hall–Kier alpha value is -1.03. The fourth-order valence-corrected chi connectivity index (χ4v) is 1.67. The fraction of sp³-hybridized carbons (Fsp3) is 0.364. The van der Waals surface area contributed by atoms with Crippen LogP contribution in [0.2, 0.25) is 0 Å². The predicted octanol–water partition coefficient (Wildman–Crippen LogP) is 2.43. The highest BCUT2D eigenvalue weighted by Gasteiger charge is 2.13. The molecule has 0 bridgehead atoms. The van der Waals surface area contributed by atoms with Crippen molar-refractivity contribution >= 4 is 27.5 Å². The second-order valence-electron chi connectivity index (χ2n) is 3.49. The van der Waals surface area contributed by atoms with Gasteiger partial charge in [0.1, 0.15) is 6.04 Å². The molecule has 1 rings (SSSR count). The van der Waals surface area contributed by atoms with Gasteiger partial charge in [-0.15, -0.1) is 0 Å². The second kappa shape index (κ2) is 5.16. The Morgan fingerprint density at radius 3 is 2.80 bits per heavy atom. The summed E-state index contributed by atoms with van der Waals surface area (Å²) < 4.78 is 0.938. The number of nitrogens with two attached hydrogens (primary N) is 1. The van der Waals surface area contributed by atoms with Crippen LogP contribution in [0.4, 0.5) is 5.69 Å². The topological polar surface area (TPSA) is 55.1 Å². The molecule has 15 heavy (non-hydrogen) atoms. The Morgan fingerprint density at radius 2 is 2.27 bits per heavy atom. The minimum Gasteiger partial charge on any atom is -0.373 e. The Bertz CT molecular complexity index is 366. The fourth-order valence-electron chi connectivity index (χ4n) is 1.31. The molecule has 0 heterocycles. The van der Waals surface area contributed by atoms with Crippen LogP contribution in [0.25, 0.3) is 0 Å². The third-order valence-electron chi connectivity index (χ3n) is 2.20. The van der Waals surface area contributed by atoms with E-state index in [-0.39, 0.29) is 11.9 Å². The number of anilines is 1. The van der Waals surface area contributed by atoms with Crippen molar-refractivity contribution in [1.82, 2.24) is 0 Å². The summed E-state index contributed by atoms with van der Waals surface area (Å²) in [5.41, 5.74) is 7.31. The first-order valence-electron chi connectivity index (χ1n) is 4.86. The Morgan fingerprint density at radius 1 is 1.60 bits per heavy atom. The van der Waals surface area contributed by atoms with E-state index in [4.69, 9.17) is 5.73 Å². The molecule has 1 aromatic carbocycles. The van der Waals surface area contributed by atoms with Gasteiger partial charge < -0.3 is 11.1 Å². The first kappa shape index (κ1) is 12.0. The molecule has 82 valence electrons. The molecule has 0 saturated carbocycles. The number of primary amides is 1. The minimum absolute atomic E-state index is 0.317. The zero-order valence-corrected chi connectivity index (χ0v) is 10.5. The molecule has 1 aromatic rings. The van der Waals surface area contributed by atoms with E-state index in [0.717, 1.165) is 15.7 Å². The van der Waals surface area contributed by atoms with Crippen molar-refractivity contribution in [2.24, 2.45) is 5.73 Å². The number of carbonyl (C=O) groups excluding carboxylic acids is 1. The Balaban J connectivity index is 2.87. The van der Waals surface area contributed by atoms with Crippen molar-refractivity contribution in [3.05, 3.63) is 28.2 Å². The van der Waals surface area contributed by atoms with Gasteiger partial charge in [-0.1, -0.05) is 13.0 Å². The van der Waals surface area contributed by atoms with Crippen molar-refractivity contribution in [3.8, 4) is 0 Å². The number of aryl methyl sites for hydroxylation is 1. The minimum atomic E-state index is -0.328. The quantitative estimate of drug-likeness (QED) is 0.883. The zero-order valence-electron chi connectivity index (χ0n) is 8.88. The van der Waals surface area contributed by atoms with E-state index in [2.05, 4.69) is 21.2 Å². The SMILES string of the molecule is CCC(Nc1cc(C)ccc1Br)C(N)=O. The van der Waals surface area contributed by atoms with Gasteiger partial charge in [-0.05, 0) is 47.0 Å². The molecule has 4 heteroatoms. The maximum atomic E-state index is 11.1. The van der Waals surface area contributed by atoms with Crippen molar-refractivity contribution in [2.75, 3.05) is 5.32 Å². The number of rotatable bonds is 4. The highest BCUT2D eigenvalue weighted by atomic mass is 79.9. The summed E-state index contributed by atoms with van der Waals surface area (Å²) in [4.78, 5) is 11.1. The highest BCUT2D eigenvalue weighted by Crippen LogP contribution is 2.24. The molecule has 1 amide bonds. The average molecular weight is 271 g/mol. The lowest BCUT2D eigenvalue weighted by molar-refractivity contribution is -0.118. The molecule has 1 atom stereocenters. The maximum Gasteiger partial charge on any atom is 0.239 e. The molecule has 3 N–H and O–H groups in total. The first-order chi connectivity index (χ1) is 7.04. The monoisotopic (exact) mass is 270 g/mol. The van der Waals surface area contributed by atoms with Crippen molar-refractivity contribution in [2.45, 2.75) is 26.3 Å². The zero-order chi connectivity index (χ0) is 11.4. The van der Waals surface area contributed by atoms with Crippen LogP contribution >= 0.6 is 15.9 Å². The summed E-state index contributed by atoms with van der Waals surface area (Å²) in [6.07, 6.45) is 0.676. The molecule has 3 nitrogen and oxygen atoms in total. The Labute approximate surface area is 98.2 Å². The van der Waals surface area contributed by atoms with Gasteiger partial charge in [-0.3, -0.25) is 4.79 Å². The van der Waals surface area contributed by atoms with Crippen molar-refractivity contribution in [1.29, 1.82) is 0 Å². The Kier molecular flexibility index (Phi) is 4.15. The van der Waals surface area contributed by atoms with Crippen LogP contribution in [-0.2, 0) is 4.79 Å². The van der Waals surface area contributed by atoms with E-state index >= 15 is 0 Å². The molecule has 0 radical (unpaired) electrons. The number of carbonyl (C=O) groups is 1. The molecule has 1 unspecified atom stereocenters. The molecule has 0 saturated heterocycles. The number of hydrogen-bond acceptors (Lipinski definition) is 2. The van der Waals surface area contributed by atoms with E-state index < -0.39 is 0 Å². The van der Waals surface area contributed by atoms with Crippen LogP contribution in [-0.4, -0.2) is 11.9 Å². The summed E-state index contributed by atoms with van der Waals surface area (Å²) in [5, 5.41) is 3.12. The lowest BCUT2D eigenvalue weighted by Crippen LogP contribution is -2.34. The molecular formula is C11H15BrN2O. The summed E-state index contributed by atoms with van der Waals surface area (Å²) in [6.45, 7) is 3.93. The third-order valence-corrected chi connectivity index (χ3v) is 2.89. The number of nitrogens with one attached hydrogen (secondary N) is 1. The van der Waals surface area contributed by atoms with E-state index in [1.807, 2.05) is 32.0 Å². The van der Waals surface area contributed by atoms with Crippen LogP contribution < -0.4 is 11.1 Å². The van der Waals surface area contributed by atoms with Gasteiger partial charge in [0.25, 0.3) is 0 Å². The van der Waals surface area contributed by atoms with Crippen molar-refractivity contribution in [3.63, 3.8) is 0 Å². The number of amides is 1. The lowest BCUT2D eigenvalue weighted by Gasteiger charge is -2.16. The summed E-state index contributed by atoms with van der Waals surface area (Å²) in [5.74, 6) is -0.328. The van der Waals surface area contributed by atoms with Gasteiger partial charge in [0.05, 0.1) is 0 Å². The number of hydrogen-bond donors (Lipinski definition) is 2. The highest BCUT2D eigenvalue weighted by molar-refractivity contribution is 9.10. The molecular weight excluding hydrogens is 256 g/mol. The van der Waals surface area contributed by atoms with E-state index in [1.54, 1.807) is 0 Å². The van der Waals surface area contributed by atoms with Crippen molar-refractivity contribution < 1.29 is 4.79 Å². The maximum absolute atomic E-state index is 11.1. The third kappa shape index (κ3) is 3.23. The van der Waals surface area contributed by atoms with Gasteiger partial charge in [-0.25, -0.2) is 0 Å². The van der Waals surface area contributed by atoms with Crippen LogP contribution in [0.5, 0.6) is 0 Å². The largest absolute Gasteiger partial charge is 0.373 e. The normalized spacial score (nSPS) is 12.2. The van der Waals surface area contributed by atoms with Gasteiger partial charge in [-0.2, -0.15) is 0 Å². The lowest BCUT2D eigenvalue weighted by atomic mass is 10.1. The van der Waals surface area contributed by atoms with Crippen LogP contribution in [0.1, 0.15) is 18.9 Å². The van der Waals surface area contributed by atoms with Crippen LogP contribution in [0.15, 0.2) is 22.7 Å². The summed E-state index contributed by atoms with van der Waals surface area (Å²) in [6, 6.07) is 5.62. The molecule has 0 spiro atoms. The van der Waals surface area contributed by atoms with Gasteiger partial charge in [0.2, 0.25) is 5.91 Å². The number of benzene rings is 1. The number of halogens is 1. The smallest absolute Gasteiger partial charge is 0.239 e. The van der Waals surface area contributed by atoms with E-state index in [9.17, 15) is 4.79 Å². The molecule has 0 fully saturated rings.